The monoisotopic (exact) mass is 1000 g/mol. The fourth-order valence-corrected chi connectivity index (χ4v) is 8.29. The van der Waals surface area contributed by atoms with Crippen LogP contribution in [0.4, 0.5) is 0 Å². The van der Waals surface area contributed by atoms with Gasteiger partial charge in [-0.3, -0.25) is 14.4 Å². The van der Waals surface area contributed by atoms with Crippen molar-refractivity contribution in [2.75, 3.05) is 13.2 Å². The molecule has 72 heavy (non-hydrogen) atoms. The van der Waals surface area contributed by atoms with Crippen molar-refractivity contribution < 1.29 is 28.6 Å². The summed E-state index contributed by atoms with van der Waals surface area (Å²) in [4.78, 5) is 38.2. The Morgan fingerprint density at radius 2 is 0.556 bits per heavy atom. The Morgan fingerprint density at radius 3 is 0.889 bits per heavy atom. The maximum absolute atomic E-state index is 12.8. The van der Waals surface area contributed by atoms with Crippen molar-refractivity contribution in [1.29, 1.82) is 0 Å². The minimum Gasteiger partial charge on any atom is -0.462 e. The lowest BCUT2D eigenvalue weighted by Gasteiger charge is -2.18. The standard InChI is InChI=1S/C66H112O6/c1-4-7-10-13-16-19-22-25-27-28-29-30-31-32-33-34-35-36-37-38-39-42-44-47-50-53-56-59-65(68)71-62-63(61-70-64(67)58-55-52-49-46-43-40-24-21-18-15-12-9-6-3)72-66(69)60-57-54-51-48-45-41-26-23-20-17-14-11-8-5-2/h7,10,14,16-17,19,23,25-27,29-30,32-33,35-36,63H,4-6,8-9,11-13,15,18,20-22,24,28,31,34,37-62H2,1-3H3/b10-7-,17-14-,19-16-,26-23-,27-25-,30-29-,33-32-,36-35-. The summed E-state index contributed by atoms with van der Waals surface area (Å²) in [5, 5.41) is 0. The highest BCUT2D eigenvalue weighted by Crippen LogP contribution is 2.15. The Bertz CT molecular complexity index is 1430. The molecule has 0 rings (SSSR count). The molecule has 0 saturated carbocycles. The van der Waals surface area contributed by atoms with E-state index in [1.165, 1.54) is 116 Å². The minimum atomic E-state index is -0.787. The molecule has 0 N–H and O–H groups in total. The molecule has 6 nitrogen and oxygen atoms in total. The topological polar surface area (TPSA) is 78.9 Å². The molecule has 0 spiro atoms. The molecule has 1 unspecified atom stereocenters. The summed E-state index contributed by atoms with van der Waals surface area (Å²) in [5.74, 6) is -0.900. The van der Waals surface area contributed by atoms with E-state index in [9.17, 15) is 14.4 Å². The van der Waals surface area contributed by atoms with Crippen LogP contribution < -0.4 is 0 Å². The average Bonchev–Trinajstić information content (AvgIpc) is 3.38. The van der Waals surface area contributed by atoms with Crippen LogP contribution in [0.2, 0.25) is 0 Å². The molecule has 0 fully saturated rings. The summed E-state index contributed by atoms with van der Waals surface area (Å²) in [5.41, 5.74) is 0. The second-order valence-electron chi connectivity index (χ2n) is 19.9. The Hall–Kier alpha value is -3.67. The Kier molecular flexibility index (Phi) is 56.8. The molecule has 0 saturated heterocycles. The molecular weight excluding hydrogens is 889 g/mol. The van der Waals surface area contributed by atoms with E-state index in [2.05, 4.69) is 118 Å². The van der Waals surface area contributed by atoms with E-state index in [1.807, 2.05) is 0 Å². The predicted octanol–water partition coefficient (Wildman–Crippen LogP) is 20.5. The molecular formula is C66H112O6. The molecule has 0 aliphatic rings. The van der Waals surface area contributed by atoms with Crippen LogP contribution in [0.3, 0.4) is 0 Å². The van der Waals surface area contributed by atoms with Gasteiger partial charge in [0.2, 0.25) is 0 Å². The molecule has 0 heterocycles. The van der Waals surface area contributed by atoms with Crippen molar-refractivity contribution in [2.24, 2.45) is 0 Å². The number of rotatable bonds is 54. The summed E-state index contributed by atoms with van der Waals surface area (Å²) in [6.07, 6.45) is 79.7. The van der Waals surface area contributed by atoms with Gasteiger partial charge in [0, 0.05) is 19.3 Å². The number of carbonyl (C=O) groups is 3. The normalized spacial score (nSPS) is 12.8. The molecule has 0 amide bonds. The van der Waals surface area contributed by atoms with Crippen molar-refractivity contribution in [3.63, 3.8) is 0 Å². The van der Waals surface area contributed by atoms with Gasteiger partial charge in [0.15, 0.2) is 6.10 Å². The van der Waals surface area contributed by atoms with E-state index in [0.717, 1.165) is 128 Å². The van der Waals surface area contributed by atoms with Crippen molar-refractivity contribution in [2.45, 2.75) is 290 Å². The third-order valence-corrected chi connectivity index (χ3v) is 12.8. The first-order chi connectivity index (χ1) is 35.5. The highest BCUT2D eigenvalue weighted by molar-refractivity contribution is 5.71. The van der Waals surface area contributed by atoms with E-state index in [-0.39, 0.29) is 31.1 Å². The van der Waals surface area contributed by atoms with Crippen LogP contribution in [0.15, 0.2) is 97.2 Å². The Labute approximate surface area is 445 Å². The van der Waals surface area contributed by atoms with Gasteiger partial charge in [0.1, 0.15) is 13.2 Å². The fraction of sp³-hybridized carbons (Fsp3) is 0.712. The molecule has 6 heteroatoms. The van der Waals surface area contributed by atoms with Gasteiger partial charge in [0.25, 0.3) is 0 Å². The van der Waals surface area contributed by atoms with Crippen LogP contribution in [0, 0.1) is 0 Å². The largest absolute Gasteiger partial charge is 0.462 e. The lowest BCUT2D eigenvalue weighted by molar-refractivity contribution is -0.167. The smallest absolute Gasteiger partial charge is 0.306 e. The first-order valence-corrected chi connectivity index (χ1v) is 30.2. The van der Waals surface area contributed by atoms with E-state index in [0.29, 0.717) is 19.3 Å². The van der Waals surface area contributed by atoms with E-state index in [1.54, 1.807) is 0 Å². The molecule has 1 atom stereocenters. The van der Waals surface area contributed by atoms with Gasteiger partial charge in [-0.15, -0.1) is 0 Å². The summed E-state index contributed by atoms with van der Waals surface area (Å²) >= 11 is 0. The van der Waals surface area contributed by atoms with Crippen LogP contribution >= 0.6 is 0 Å². The Morgan fingerprint density at radius 1 is 0.292 bits per heavy atom. The molecule has 0 aliphatic carbocycles. The molecule has 0 aromatic carbocycles. The SMILES string of the molecule is CC/C=C\C/C=C\C/C=C\C/C=C\C/C=C\C/C=C\CCCCCCCCCCC(=O)OCC(COC(=O)CCCCCCCCCCCCCCC)OC(=O)CCCCCCC/C=C\C/C=C\CCCC. The number of esters is 3. The van der Waals surface area contributed by atoms with Gasteiger partial charge < -0.3 is 14.2 Å². The minimum absolute atomic E-state index is 0.0836. The number of carbonyl (C=O) groups excluding carboxylic acids is 3. The number of ether oxygens (including phenoxy) is 3. The maximum atomic E-state index is 12.8. The third kappa shape index (κ3) is 57.2. The van der Waals surface area contributed by atoms with Crippen molar-refractivity contribution >= 4 is 17.9 Å². The third-order valence-electron chi connectivity index (χ3n) is 12.8. The van der Waals surface area contributed by atoms with Gasteiger partial charge in [-0.05, 0) is 96.3 Å². The second-order valence-corrected chi connectivity index (χ2v) is 19.9. The van der Waals surface area contributed by atoms with Crippen LogP contribution in [0.25, 0.3) is 0 Å². The van der Waals surface area contributed by atoms with Crippen LogP contribution in [-0.4, -0.2) is 37.2 Å². The van der Waals surface area contributed by atoms with Crippen molar-refractivity contribution in [3.8, 4) is 0 Å². The maximum Gasteiger partial charge on any atom is 0.306 e. The summed E-state index contributed by atoms with van der Waals surface area (Å²) < 4.78 is 16.9. The van der Waals surface area contributed by atoms with Crippen LogP contribution in [0.1, 0.15) is 284 Å². The van der Waals surface area contributed by atoms with Crippen LogP contribution in [-0.2, 0) is 28.6 Å². The molecule has 412 valence electrons. The Balaban J connectivity index is 4.31. The number of unbranched alkanes of at least 4 members (excludes halogenated alkanes) is 27. The zero-order valence-electron chi connectivity index (χ0n) is 47.2. The molecule has 0 aliphatic heterocycles. The molecule has 0 radical (unpaired) electrons. The lowest BCUT2D eigenvalue weighted by Crippen LogP contribution is -2.30. The summed E-state index contributed by atoms with van der Waals surface area (Å²) in [6, 6.07) is 0. The highest BCUT2D eigenvalue weighted by Gasteiger charge is 2.19. The zero-order valence-corrected chi connectivity index (χ0v) is 47.2. The van der Waals surface area contributed by atoms with Gasteiger partial charge >= 0.3 is 17.9 Å². The lowest BCUT2D eigenvalue weighted by atomic mass is 10.0. The highest BCUT2D eigenvalue weighted by atomic mass is 16.6. The van der Waals surface area contributed by atoms with Gasteiger partial charge in [0.05, 0.1) is 0 Å². The van der Waals surface area contributed by atoms with E-state index in [4.69, 9.17) is 14.2 Å². The predicted molar refractivity (Wildman–Crippen MR) is 311 cm³/mol. The van der Waals surface area contributed by atoms with Crippen molar-refractivity contribution in [1.82, 2.24) is 0 Å². The van der Waals surface area contributed by atoms with Gasteiger partial charge in [-0.25, -0.2) is 0 Å². The quantitative estimate of drug-likeness (QED) is 0.0261. The average molecular weight is 1000 g/mol. The number of hydrogen-bond acceptors (Lipinski definition) is 6. The fourth-order valence-electron chi connectivity index (χ4n) is 8.29. The molecule has 0 aromatic rings. The summed E-state index contributed by atoms with van der Waals surface area (Å²) in [6.45, 7) is 6.48. The van der Waals surface area contributed by atoms with Crippen LogP contribution in [0.5, 0.6) is 0 Å². The van der Waals surface area contributed by atoms with Gasteiger partial charge in [-0.1, -0.05) is 266 Å². The first kappa shape index (κ1) is 68.3. The van der Waals surface area contributed by atoms with E-state index >= 15 is 0 Å². The van der Waals surface area contributed by atoms with E-state index < -0.39 is 6.10 Å². The van der Waals surface area contributed by atoms with Crippen molar-refractivity contribution in [3.05, 3.63) is 97.2 Å². The zero-order chi connectivity index (χ0) is 52.2. The molecule has 0 bridgehead atoms. The number of hydrogen-bond donors (Lipinski definition) is 0. The molecule has 0 aromatic heterocycles. The number of allylic oxidation sites excluding steroid dienone is 16. The summed E-state index contributed by atoms with van der Waals surface area (Å²) in [7, 11) is 0. The first-order valence-electron chi connectivity index (χ1n) is 30.2. The van der Waals surface area contributed by atoms with Gasteiger partial charge in [-0.2, -0.15) is 0 Å². The second kappa shape index (κ2) is 59.9.